The topological polar surface area (TPSA) is 42.3 Å². The number of nitrogens with one attached hydrogen (secondary N) is 1. The molecule has 1 aliphatic heterocycles. The quantitative estimate of drug-likeness (QED) is 0.306. The zero-order valence-electron chi connectivity index (χ0n) is 19.2. The van der Waals surface area contributed by atoms with Crippen molar-refractivity contribution in [2.75, 3.05) is 12.0 Å². The summed E-state index contributed by atoms with van der Waals surface area (Å²) in [5.41, 5.74) is 4.18. The standard InChI is InChI=1S/C29H24N4OS/c1-34-24-15-13-22(14-16-24)33-28(27(31-29(33)35)25-9-4-5-17-30-25)26-10-6-18-32(26)23-12-11-20-7-2-3-8-21(20)19-23/h2-19,27-28H,1H3,(H,31,35)/t27-,28+/m1/s1. The van der Waals surface area contributed by atoms with Gasteiger partial charge in [-0.1, -0.05) is 36.4 Å². The maximum absolute atomic E-state index is 5.88. The van der Waals surface area contributed by atoms with E-state index < -0.39 is 0 Å². The molecule has 6 heteroatoms. The third-order valence-corrected chi connectivity index (χ3v) is 6.86. The van der Waals surface area contributed by atoms with E-state index >= 15 is 0 Å². The van der Waals surface area contributed by atoms with Gasteiger partial charge in [0.2, 0.25) is 0 Å². The van der Waals surface area contributed by atoms with Crippen molar-refractivity contribution in [1.82, 2.24) is 14.9 Å². The molecule has 3 heterocycles. The summed E-state index contributed by atoms with van der Waals surface area (Å²) in [6.45, 7) is 0. The van der Waals surface area contributed by atoms with Crippen molar-refractivity contribution in [1.29, 1.82) is 0 Å². The minimum atomic E-state index is -0.111. The van der Waals surface area contributed by atoms with Gasteiger partial charge in [-0.2, -0.15) is 0 Å². The molecule has 0 bridgehead atoms. The van der Waals surface area contributed by atoms with Crippen LogP contribution >= 0.6 is 12.2 Å². The van der Waals surface area contributed by atoms with Gasteiger partial charge in [0.05, 0.1) is 18.8 Å². The van der Waals surface area contributed by atoms with Gasteiger partial charge in [-0.05, 0) is 83.7 Å². The number of methoxy groups -OCH3 is 1. The molecule has 0 unspecified atom stereocenters. The van der Waals surface area contributed by atoms with E-state index in [-0.39, 0.29) is 12.1 Å². The minimum absolute atomic E-state index is 0.104. The van der Waals surface area contributed by atoms with Crippen molar-refractivity contribution in [2.45, 2.75) is 12.1 Å². The summed E-state index contributed by atoms with van der Waals surface area (Å²) in [5, 5.41) is 6.64. The molecule has 5 aromatic rings. The highest BCUT2D eigenvalue weighted by Crippen LogP contribution is 2.42. The Kier molecular flexibility index (Phi) is 5.43. The second-order valence-electron chi connectivity index (χ2n) is 8.53. The Labute approximate surface area is 209 Å². The normalized spacial score (nSPS) is 17.5. The van der Waals surface area contributed by atoms with E-state index in [0.29, 0.717) is 5.11 Å². The SMILES string of the molecule is COc1ccc(N2C(=S)N[C@H](c3ccccn3)[C@@H]2c2cccn2-c2ccc3ccccc3c2)cc1. The summed E-state index contributed by atoms with van der Waals surface area (Å²) in [7, 11) is 1.67. The minimum Gasteiger partial charge on any atom is -0.497 e. The molecule has 1 N–H and O–H groups in total. The van der Waals surface area contributed by atoms with E-state index in [9.17, 15) is 0 Å². The number of hydrogen-bond acceptors (Lipinski definition) is 3. The summed E-state index contributed by atoms with van der Waals surface area (Å²) in [6, 6.07) is 33.1. The van der Waals surface area contributed by atoms with E-state index in [4.69, 9.17) is 17.0 Å². The van der Waals surface area contributed by atoms with Crippen LogP contribution in [0.5, 0.6) is 5.75 Å². The zero-order chi connectivity index (χ0) is 23.8. The second kappa shape index (κ2) is 8.89. The molecule has 0 aliphatic carbocycles. The van der Waals surface area contributed by atoms with Crippen LogP contribution < -0.4 is 15.0 Å². The molecule has 2 atom stereocenters. The van der Waals surface area contributed by atoms with Crippen LogP contribution in [-0.2, 0) is 0 Å². The van der Waals surface area contributed by atoms with Gasteiger partial charge in [-0.3, -0.25) is 4.98 Å². The number of fused-ring (bicyclic) bond motifs is 1. The van der Waals surface area contributed by atoms with E-state index in [1.165, 1.54) is 10.8 Å². The summed E-state index contributed by atoms with van der Waals surface area (Å²) in [6.07, 6.45) is 3.94. The van der Waals surface area contributed by atoms with Gasteiger partial charge < -0.3 is 19.5 Å². The molecule has 1 fully saturated rings. The number of hydrogen-bond donors (Lipinski definition) is 1. The average Bonchev–Trinajstić information content (AvgIpc) is 3.53. The molecule has 35 heavy (non-hydrogen) atoms. The molecule has 0 amide bonds. The molecule has 0 radical (unpaired) electrons. The fraction of sp³-hybridized carbons (Fsp3) is 0.103. The van der Waals surface area contributed by atoms with Crippen molar-refractivity contribution in [3.8, 4) is 11.4 Å². The van der Waals surface area contributed by atoms with E-state index in [0.717, 1.165) is 28.5 Å². The molecule has 3 aromatic carbocycles. The maximum atomic E-state index is 5.88. The number of rotatable bonds is 5. The lowest BCUT2D eigenvalue weighted by Crippen LogP contribution is -2.30. The van der Waals surface area contributed by atoms with Crippen molar-refractivity contribution >= 4 is 33.8 Å². The Balaban J connectivity index is 1.50. The molecule has 6 rings (SSSR count). The Morgan fingerprint density at radius 1 is 0.829 bits per heavy atom. The fourth-order valence-corrected chi connectivity index (χ4v) is 5.22. The largest absolute Gasteiger partial charge is 0.497 e. The van der Waals surface area contributed by atoms with Crippen molar-refractivity contribution in [3.05, 3.63) is 121 Å². The Bertz CT molecular complexity index is 1500. The summed E-state index contributed by atoms with van der Waals surface area (Å²) in [5.74, 6) is 0.809. The number of pyridine rings is 1. The molecule has 0 saturated carbocycles. The third-order valence-electron chi connectivity index (χ3n) is 6.54. The highest BCUT2D eigenvalue weighted by atomic mass is 32.1. The number of anilines is 1. The van der Waals surface area contributed by atoms with Crippen LogP contribution in [0.3, 0.4) is 0 Å². The van der Waals surface area contributed by atoms with E-state index in [2.05, 4.69) is 80.6 Å². The lowest BCUT2D eigenvalue weighted by molar-refractivity contribution is 0.415. The molecule has 172 valence electrons. The van der Waals surface area contributed by atoms with Crippen LogP contribution in [0.25, 0.3) is 16.5 Å². The molecular formula is C29H24N4OS. The molecule has 2 aromatic heterocycles. The number of aromatic nitrogens is 2. The first-order valence-electron chi connectivity index (χ1n) is 11.5. The number of benzene rings is 3. The van der Waals surface area contributed by atoms with Gasteiger partial charge in [0, 0.05) is 29.5 Å². The second-order valence-corrected chi connectivity index (χ2v) is 8.92. The molecule has 0 spiro atoms. The predicted molar refractivity (Wildman–Crippen MR) is 144 cm³/mol. The van der Waals surface area contributed by atoms with Gasteiger partial charge in [-0.15, -0.1) is 0 Å². The van der Waals surface area contributed by atoms with Crippen LogP contribution in [-0.4, -0.2) is 21.8 Å². The van der Waals surface area contributed by atoms with Crippen LogP contribution in [0.1, 0.15) is 23.5 Å². The zero-order valence-corrected chi connectivity index (χ0v) is 20.0. The fourth-order valence-electron chi connectivity index (χ4n) is 4.87. The summed E-state index contributed by atoms with van der Waals surface area (Å²) in [4.78, 5) is 6.86. The number of thiocarbonyl (C=S) groups is 1. The van der Waals surface area contributed by atoms with E-state index in [1.54, 1.807) is 7.11 Å². The van der Waals surface area contributed by atoms with Gasteiger partial charge in [0.25, 0.3) is 0 Å². The predicted octanol–water partition coefficient (Wildman–Crippen LogP) is 6.21. The van der Waals surface area contributed by atoms with Crippen molar-refractivity contribution in [2.24, 2.45) is 0 Å². The maximum Gasteiger partial charge on any atom is 0.174 e. The van der Waals surface area contributed by atoms with Crippen LogP contribution in [0, 0.1) is 0 Å². The Morgan fingerprint density at radius 3 is 2.37 bits per heavy atom. The highest BCUT2D eigenvalue weighted by molar-refractivity contribution is 7.80. The van der Waals surface area contributed by atoms with Gasteiger partial charge in [0.15, 0.2) is 5.11 Å². The van der Waals surface area contributed by atoms with E-state index in [1.807, 2.05) is 48.7 Å². The first-order chi connectivity index (χ1) is 17.2. The van der Waals surface area contributed by atoms with Crippen molar-refractivity contribution in [3.63, 3.8) is 0 Å². The molecule has 1 aliphatic rings. The monoisotopic (exact) mass is 476 g/mol. The molecule has 5 nitrogen and oxygen atoms in total. The van der Waals surface area contributed by atoms with Crippen LogP contribution in [0.4, 0.5) is 5.69 Å². The molecule has 1 saturated heterocycles. The number of ether oxygens (including phenoxy) is 1. The summed E-state index contributed by atoms with van der Waals surface area (Å²) < 4.78 is 7.63. The van der Waals surface area contributed by atoms with Gasteiger partial charge in [-0.25, -0.2) is 0 Å². The lowest BCUT2D eigenvalue weighted by atomic mass is 10.0. The van der Waals surface area contributed by atoms with Gasteiger partial charge in [0.1, 0.15) is 11.8 Å². The first-order valence-corrected chi connectivity index (χ1v) is 11.9. The Morgan fingerprint density at radius 2 is 1.60 bits per heavy atom. The number of nitrogens with zero attached hydrogens (tertiary/aromatic N) is 3. The first kappa shape index (κ1) is 21.4. The molecular weight excluding hydrogens is 452 g/mol. The Hall–Kier alpha value is -4.16. The smallest absolute Gasteiger partial charge is 0.174 e. The third kappa shape index (κ3) is 3.82. The summed E-state index contributed by atoms with van der Waals surface area (Å²) >= 11 is 5.88. The average molecular weight is 477 g/mol. The van der Waals surface area contributed by atoms with Crippen LogP contribution in [0.2, 0.25) is 0 Å². The lowest BCUT2D eigenvalue weighted by Gasteiger charge is -2.29. The van der Waals surface area contributed by atoms with Crippen LogP contribution in [0.15, 0.2) is 109 Å². The highest BCUT2D eigenvalue weighted by Gasteiger charge is 2.42. The van der Waals surface area contributed by atoms with Crippen molar-refractivity contribution < 1.29 is 4.74 Å². The van der Waals surface area contributed by atoms with Gasteiger partial charge >= 0.3 is 0 Å².